The SMILES string of the molecule is CC(=O)N1Cc2ccc(C(=O)NO)cc2OC[C@@H]1c1ccccc1.COC(=O)c1ccc2c(c1)OC[C@H](c1ccccc1)N(C(C)=O)C2.COC(=O)c1ccc2c(c1)OC[C@H](c1ccccc1)NC2.S.S.S. The predicted molar refractivity (Wildman–Crippen MR) is 286 cm³/mol. The van der Waals surface area contributed by atoms with Crippen molar-refractivity contribution in [1.29, 1.82) is 0 Å². The number of methoxy groups -OCH3 is 2. The number of carbonyl (C=O) groups excluding carboxylic acids is 5. The molecule has 3 aliphatic rings. The van der Waals surface area contributed by atoms with Crippen molar-refractivity contribution in [2.45, 2.75) is 51.6 Å². The van der Waals surface area contributed by atoms with Gasteiger partial charge in [-0.1, -0.05) is 109 Å². The van der Waals surface area contributed by atoms with Gasteiger partial charge < -0.3 is 38.8 Å². The Labute approximate surface area is 440 Å². The maximum Gasteiger partial charge on any atom is 0.337 e. The number of benzene rings is 6. The van der Waals surface area contributed by atoms with Crippen molar-refractivity contribution in [3.8, 4) is 17.2 Å². The van der Waals surface area contributed by atoms with Crippen LogP contribution < -0.4 is 25.0 Å². The van der Waals surface area contributed by atoms with Crippen LogP contribution >= 0.6 is 40.5 Å². The topological polar surface area (TPSA) is 182 Å². The molecule has 0 bridgehead atoms. The van der Waals surface area contributed by atoms with E-state index >= 15 is 0 Å². The van der Waals surface area contributed by atoms with Crippen LogP contribution in [0.15, 0.2) is 146 Å². The van der Waals surface area contributed by atoms with Crippen molar-refractivity contribution in [3.63, 3.8) is 0 Å². The molecule has 0 spiro atoms. The minimum atomic E-state index is -0.603. The third-order valence-electron chi connectivity index (χ3n) is 12.0. The van der Waals surface area contributed by atoms with E-state index < -0.39 is 11.9 Å². The van der Waals surface area contributed by atoms with E-state index in [9.17, 15) is 24.0 Å². The lowest BCUT2D eigenvalue weighted by molar-refractivity contribution is -0.133. The monoisotopic (exact) mass is 1040 g/mol. The van der Waals surface area contributed by atoms with Crippen LogP contribution in [0.5, 0.6) is 17.2 Å². The Morgan fingerprint density at radius 3 is 1.32 bits per heavy atom. The van der Waals surface area contributed by atoms with Gasteiger partial charge in [-0.05, 0) is 53.1 Å². The highest BCUT2D eigenvalue weighted by Crippen LogP contribution is 2.34. The van der Waals surface area contributed by atoms with E-state index in [1.54, 1.807) is 64.7 Å². The predicted octanol–water partition coefficient (Wildman–Crippen LogP) is 8.28. The number of ether oxygens (including phenoxy) is 5. The second-order valence-corrected chi connectivity index (χ2v) is 16.3. The molecule has 3 atom stereocenters. The number of hydrogen-bond donors (Lipinski definition) is 3. The Morgan fingerprint density at radius 1 is 0.528 bits per heavy atom. The average molecular weight is 1040 g/mol. The van der Waals surface area contributed by atoms with Gasteiger partial charge in [0.2, 0.25) is 11.8 Å². The third kappa shape index (κ3) is 14.3. The van der Waals surface area contributed by atoms with E-state index in [-0.39, 0.29) is 76.4 Å². The second-order valence-electron chi connectivity index (χ2n) is 16.3. The number of amides is 3. The summed E-state index contributed by atoms with van der Waals surface area (Å²) < 4.78 is 27.2. The molecule has 3 N–H and O–H groups in total. The first-order valence-corrected chi connectivity index (χ1v) is 22.3. The van der Waals surface area contributed by atoms with Gasteiger partial charge in [-0.2, -0.15) is 40.5 Å². The highest BCUT2D eigenvalue weighted by Gasteiger charge is 2.30. The fourth-order valence-electron chi connectivity index (χ4n) is 8.20. The van der Waals surface area contributed by atoms with Crippen molar-refractivity contribution >= 4 is 70.1 Å². The molecule has 0 aliphatic carbocycles. The Kier molecular flexibility index (Phi) is 22.1. The largest absolute Gasteiger partial charge is 0.491 e. The van der Waals surface area contributed by atoms with Gasteiger partial charge in [0.25, 0.3) is 5.91 Å². The van der Waals surface area contributed by atoms with Crippen LogP contribution in [0, 0.1) is 0 Å². The standard InChI is InChI=1S/C19H19NO4.C18H18N2O4.C17H17NO3.3H2S/c1-13(21)20-11-16-9-8-15(19(22)23-2)10-18(16)24-12-17(20)14-6-4-3-5-7-14;1-12(21)20-10-15-8-7-14(18(22)19-23)9-17(15)24-11-16(20)13-5-3-2-4-6-13;1-20-17(19)13-7-8-14-10-18-15(11-21-16(14)9-13)12-5-3-2-4-6-12;;;/h3-10,17H,11-12H2,1-2H3;2-9,16,23H,10-11H2,1H3,(H,19,22);2-9,15,18H,10-11H2,1H3;3*1H2/t17-;16-;15-;;;/m111.../s1. The molecule has 0 unspecified atom stereocenters. The molecule has 18 heteroatoms. The molecule has 380 valence electrons. The van der Waals surface area contributed by atoms with Gasteiger partial charge in [0, 0.05) is 42.6 Å². The fraction of sp³-hybridized carbons (Fsp3) is 0.241. The second kappa shape index (κ2) is 27.6. The van der Waals surface area contributed by atoms with E-state index in [0.717, 1.165) is 33.6 Å². The van der Waals surface area contributed by atoms with Crippen LogP contribution in [0.1, 0.15) is 96.4 Å². The molecule has 6 aromatic carbocycles. The van der Waals surface area contributed by atoms with Crippen LogP contribution in [0.2, 0.25) is 0 Å². The minimum absolute atomic E-state index is 0. The van der Waals surface area contributed by atoms with E-state index in [1.165, 1.54) is 26.7 Å². The number of hydroxylamine groups is 1. The van der Waals surface area contributed by atoms with Crippen LogP contribution in [0.4, 0.5) is 0 Å². The lowest BCUT2D eigenvalue weighted by Gasteiger charge is -2.28. The highest BCUT2D eigenvalue weighted by molar-refractivity contribution is 7.59. The van der Waals surface area contributed by atoms with E-state index in [4.69, 9.17) is 28.9 Å². The van der Waals surface area contributed by atoms with Crippen LogP contribution in [-0.4, -0.2) is 78.7 Å². The van der Waals surface area contributed by atoms with Gasteiger partial charge in [-0.25, -0.2) is 15.1 Å². The molecular formula is C54H60N4O11S3. The summed E-state index contributed by atoms with van der Waals surface area (Å²) >= 11 is 0. The molecule has 0 radical (unpaired) electrons. The molecule has 3 heterocycles. The van der Waals surface area contributed by atoms with Crippen molar-refractivity contribution in [3.05, 3.63) is 196 Å². The number of nitrogens with zero attached hydrogens (tertiary/aromatic N) is 2. The maximum atomic E-state index is 12.2. The summed E-state index contributed by atoms with van der Waals surface area (Å²) in [6.07, 6.45) is 0. The molecule has 15 nitrogen and oxygen atoms in total. The summed E-state index contributed by atoms with van der Waals surface area (Å²) in [4.78, 5) is 62.7. The summed E-state index contributed by atoms with van der Waals surface area (Å²) in [5.41, 5.74) is 8.79. The Balaban J connectivity index is 0.000000230. The molecule has 0 saturated carbocycles. The van der Waals surface area contributed by atoms with Crippen molar-refractivity contribution < 1.29 is 52.9 Å². The quantitative estimate of drug-likeness (QED) is 0.0827. The number of esters is 2. The molecule has 9 rings (SSSR count). The lowest BCUT2D eigenvalue weighted by Crippen LogP contribution is -2.34. The van der Waals surface area contributed by atoms with Crippen LogP contribution in [-0.2, 0) is 38.7 Å². The van der Waals surface area contributed by atoms with Gasteiger partial charge in [0.05, 0.1) is 56.6 Å². The summed E-state index contributed by atoms with van der Waals surface area (Å²) in [7, 11) is 2.72. The summed E-state index contributed by atoms with van der Waals surface area (Å²) in [5.74, 6) is 0.475. The van der Waals surface area contributed by atoms with Crippen molar-refractivity contribution in [2.75, 3.05) is 34.0 Å². The summed E-state index contributed by atoms with van der Waals surface area (Å²) in [6, 6.07) is 45.0. The fourth-order valence-corrected chi connectivity index (χ4v) is 8.20. The van der Waals surface area contributed by atoms with Crippen LogP contribution in [0.25, 0.3) is 0 Å². The molecule has 3 amide bonds. The Hall–Kier alpha value is -6.96. The number of nitrogens with one attached hydrogen (secondary N) is 2. The average Bonchev–Trinajstić information content (AvgIpc) is 3.83. The zero-order chi connectivity index (χ0) is 48.9. The smallest absolute Gasteiger partial charge is 0.337 e. The molecule has 3 aliphatic heterocycles. The van der Waals surface area contributed by atoms with E-state index in [2.05, 4.69) is 17.4 Å². The van der Waals surface area contributed by atoms with Gasteiger partial charge in [0.15, 0.2) is 0 Å². The molecule has 0 saturated heterocycles. The van der Waals surface area contributed by atoms with Gasteiger partial charge in [0.1, 0.15) is 37.1 Å². The van der Waals surface area contributed by atoms with Crippen LogP contribution in [0.3, 0.4) is 0 Å². The number of hydrogen-bond acceptors (Lipinski definition) is 12. The van der Waals surface area contributed by atoms with Gasteiger partial charge in [-0.15, -0.1) is 0 Å². The number of fused-ring (bicyclic) bond motifs is 3. The van der Waals surface area contributed by atoms with Gasteiger partial charge in [-0.3, -0.25) is 19.6 Å². The normalized spacial score (nSPS) is 16.1. The Morgan fingerprint density at radius 2 is 0.903 bits per heavy atom. The van der Waals surface area contributed by atoms with Crippen molar-refractivity contribution in [2.24, 2.45) is 0 Å². The molecule has 72 heavy (non-hydrogen) atoms. The first-order valence-electron chi connectivity index (χ1n) is 22.3. The van der Waals surface area contributed by atoms with Crippen molar-refractivity contribution in [1.82, 2.24) is 20.6 Å². The first kappa shape index (κ1) is 57.6. The van der Waals surface area contributed by atoms with Gasteiger partial charge >= 0.3 is 11.9 Å². The molecule has 0 aromatic heterocycles. The third-order valence-corrected chi connectivity index (χ3v) is 12.0. The summed E-state index contributed by atoms with van der Waals surface area (Å²) in [6.45, 7) is 5.79. The lowest BCUT2D eigenvalue weighted by atomic mass is 10.1. The zero-order valence-electron chi connectivity index (χ0n) is 40.3. The Bertz CT molecular complexity index is 2640. The molecular weight excluding hydrogens is 977 g/mol. The van der Waals surface area contributed by atoms with E-state index in [1.807, 2.05) is 91.0 Å². The highest BCUT2D eigenvalue weighted by atomic mass is 32.1. The number of rotatable bonds is 6. The summed E-state index contributed by atoms with van der Waals surface area (Å²) in [5, 5.41) is 12.2. The zero-order valence-corrected chi connectivity index (χ0v) is 43.3. The minimum Gasteiger partial charge on any atom is -0.491 e. The molecule has 0 fully saturated rings. The van der Waals surface area contributed by atoms with E-state index in [0.29, 0.717) is 67.6 Å². The first-order chi connectivity index (χ1) is 33.5. The maximum absolute atomic E-state index is 12.2. The number of carbonyl (C=O) groups is 5. The molecule has 6 aromatic rings.